The van der Waals surface area contributed by atoms with Crippen LogP contribution in [0.1, 0.15) is 29.5 Å². The van der Waals surface area contributed by atoms with Crippen molar-refractivity contribution in [3.63, 3.8) is 0 Å². The van der Waals surface area contributed by atoms with Crippen molar-refractivity contribution >= 4 is 23.5 Å². The van der Waals surface area contributed by atoms with Crippen molar-refractivity contribution in [1.82, 2.24) is 15.0 Å². The molecule has 14 heteroatoms. The Balaban J connectivity index is 1.46. The lowest BCUT2D eigenvalue weighted by atomic mass is 10.0. The van der Waals surface area contributed by atoms with Gasteiger partial charge in [-0.1, -0.05) is 72.8 Å². The van der Waals surface area contributed by atoms with Crippen LogP contribution in [-0.4, -0.2) is 41.7 Å². The highest BCUT2D eigenvalue weighted by atomic mass is 32.2. The molecular formula is C31H32F2N3O7PS. The highest BCUT2D eigenvalue weighted by molar-refractivity contribution is 7.89. The molecule has 4 aromatic rings. The number of aryl methyl sites for hydroxylation is 1. The molecule has 0 aliphatic carbocycles. The number of halogens is 2. The molecule has 0 bridgehead atoms. The van der Waals surface area contributed by atoms with Crippen LogP contribution < -0.4 is 14.8 Å². The van der Waals surface area contributed by atoms with Gasteiger partial charge in [-0.2, -0.15) is 13.5 Å². The Hall–Kier alpha value is -4.00. The van der Waals surface area contributed by atoms with E-state index in [1.165, 1.54) is 12.1 Å². The number of rotatable bonds is 15. The molecule has 0 unspecified atom stereocenters. The zero-order chi connectivity index (χ0) is 32.5. The van der Waals surface area contributed by atoms with Gasteiger partial charge in [0.2, 0.25) is 21.8 Å². The fourth-order valence-corrected chi connectivity index (χ4v) is 5.94. The summed E-state index contributed by atoms with van der Waals surface area (Å²) in [7, 11) is -10.1. The minimum atomic E-state index is -5.78. The number of carbonyl (C=O) groups is 1. The number of amides is 1. The third kappa shape index (κ3) is 9.49. The first kappa shape index (κ1) is 33.9. The molecule has 0 fully saturated rings. The van der Waals surface area contributed by atoms with E-state index in [0.29, 0.717) is 12.2 Å². The Kier molecular flexibility index (Phi) is 11.2. The van der Waals surface area contributed by atoms with Gasteiger partial charge in [0.1, 0.15) is 16.7 Å². The van der Waals surface area contributed by atoms with Gasteiger partial charge in [-0.15, -0.1) is 0 Å². The molecule has 0 saturated heterocycles. The fraction of sp³-hybridized carbons (Fsp3) is 0.226. The van der Waals surface area contributed by atoms with Crippen LogP contribution in [-0.2, 0) is 37.9 Å². The van der Waals surface area contributed by atoms with E-state index in [4.69, 9.17) is 14.5 Å². The summed E-state index contributed by atoms with van der Waals surface area (Å²) in [6.45, 7) is 0.268. The highest BCUT2D eigenvalue weighted by Crippen LogP contribution is 2.59. The van der Waals surface area contributed by atoms with Crippen molar-refractivity contribution in [3.8, 4) is 11.6 Å². The lowest BCUT2D eigenvalue weighted by Crippen LogP contribution is -2.48. The lowest BCUT2D eigenvalue weighted by Gasteiger charge is -2.20. The molecule has 1 atom stereocenters. The van der Waals surface area contributed by atoms with Gasteiger partial charge < -0.3 is 19.8 Å². The Labute approximate surface area is 259 Å². The van der Waals surface area contributed by atoms with Crippen LogP contribution in [0.3, 0.4) is 0 Å². The number of ether oxygens (including phenoxy) is 1. The third-order valence-corrected chi connectivity index (χ3v) is 9.19. The summed E-state index contributed by atoms with van der Waals surface area (Å²) >= 11 is 0. The maximum atomic E-state index is 14.1. The summed E-state index contributed by atoms with van der Waals surface area (Å²) in [4.78, 5) is 35.1. The molecule has 0 radical (unpaired) electrons. The second-order valence-electron chi connectivity index (χ2n) is 10.1. The van der Waals surface area contributed by atoms with Crippen molar-refractivity contribution in [2.75, 3.05) is 6.54 Å². The third-order valence-electron chi connectivity index (χ3n) is 6.74. The summed E-state index contributed by atoms with van der Waals surface area (Å²) in [5, 5.41) is 2.73. The molecule has 4 N–H and O–H groups in total. The number of para-hydroxylation sites is 1. The quantitative estimate of drug-likeness (QED) is 0.101. The lowest BCUT2D eigenvalue weighted by molar-refractivity contribution is -0.122. The van der Waals surface area contributed by atoms with Gasteiger partial charge in [-0.3, -0.25) is 9.36 Å². The van der Waals surface area contributed by atoms with Crippen LogP contribution in [0.4, 0.5) is 8.78 Å². The highest BCUT2D eigenvalue weighted by Gasteiger charge is 2.50. The molecule has 3 aromatic carbocycles. The molecule has 1 amide bonds. The van der Waals surface area contributed by atoms with E-state index in [1.54, 1.807) is 24.3 Å². The average molecular weight is 660 g/mol. The van der Waals surface area contributed by atoms with Gasteiger partial charge in [-0.25, -0.2) is 13.4 Å². The number of carbonyl (C=O) groups excluding carboxylic acids is 1. The predicted octanol–water partition coefficient (Wildman–Crippen LogP) is 5.13. The molecule has 0 saturated carbocycles. The first-order valence-electron chi connectivity index (χ1n) is 13.9. The second kappa shape index (κ2) is 14.9. The van der Waals surface area contributed by atoms with Gasteiger partial charge in [0, 0.05) is 18.2 Å². The Bertz CT molecular complexity index is 1710. The van der Waals surface area contributed by atoms with Crippen molar-refractivity contribution < 1.29 is 41.1 Å². The first-order valence-corrected chi connectivity index (χ1v) is 17.0. The van der Waals surface area contributed by atoms with Gasteiger partial charge in [0.05, 0.1) is 6.20 Å². The molecule has 0 aliphatic heterocycles. The number of nitrogens with one attached hydrogen (secondary N) is 2. The molecule has 10 nitrogen and oxygen atoms in total. The van der Waals surface area contributed by atoms with Gasteiger partial charge in [0.25, 0.3) is 0 Å². The molecular weight excluding hydrogens is 627 g/mol. The average Bonchev–Trinajstić information content (AvgIpc) is 3.01. The number of nitrogens with zero attached hydrogens (tertiary/aromatic N) is 1. The second-order valence-corrected chi connectivity index (χ2v) is 13.5. The largest absolute Gasteiger partial charge is 0.439 e. The molecule has 1 heterocycles. The van der Waals surface area contributed by atoms with Crippen molar-refractivity contribution in [3.05, 3.63) is 120 Å². The number of hydrogen-bond acceptors (Lipinski definition) is 6. The molecule has 238 valence electrons. The number of aromatic nitrogens is 1. The summed E-state index contributed by atoms with van der Waals surface area (Å²) in [5.74, 6) is 0.0147. The van der Waals surface area contributed by atoms with E-state index in [2.05, 4.69) is 15.0 Å². The molecule has 1 aromatic heterocycles. The summed E-state index contributed by atoms with van der Waals surface area (Å²) in [5.41, 5.74) is -3.90. The molecule has 45 heavy (non-hydrogen) atoms. The van der Waals surface area contributed by atoms with Crippen LogP contribution in [0.5, 0.6) is 11.6 Å². The summed E-state index contributed by atoms with van der Waals surface area (Å²) in [6, 6.07) is 23.8. The summed E-state index contributed by atoms with van der Waals surface area (Å²) in [6.07, 6.45) is 3.05. The van der Waals surface area contributed by atoms with E-state index in [-0.39, 0.29) is 29.3 Å². The molecule has 0 spiro atoms. The normalized spacial score (nSPS) is 12.8. The maximum absolute atomic E-state index is 14.1. The summed E-state index contributed by atoms with van der Waals surface area (Å²) < 4.78 is 74.0. The Morgan fingerprint density at radius 3 is 2.13 bits per heavy atom. The zero-order valence-corrected chi connectivity index (χ0v) is 25.6. The van der Waals surface area contributed by atoms with Crippen molar-refractivity contribution in [2.45, 2.75) is 42.3 Å². The Morgan fingerprint density at radius 1 is 0.889 bits per heavy atom. The van der Waals surface area contributed by atoms with Crippen LogP contribution in [0.2, 0.25) is 0 Å². The van der Waals surface area contributed by atoms with E-state index in [1.807, 2.05) is 36.4 Å². The minimum Gasteiger partial charge on any atom is -0.439 e. The number of pyridine rings is 1. The van der Waals surface area contributed by atoms with Crippen LogP contribution >= 0.6 is 7.60 Å². The number of unbranched alkanes of at least 4 members (excludes halogenated alkanes) is 1. The fourth-order valence-electron chi connectivity index (χ4n) is 4.32. The maximum Gasteiger partial charge on any atom is 0.399 e. The topological polar surface area (TPSA) is 155 Å². The van der Waals surface area contributed by atoms with Gasteiger partial charge in [-0.05, 0) is 55.0 Å². The van der Waals surface area contributed by atoms with Gasteiger partial charge in [0.15, 0.2) is 0 Å². The molecule has 0 aliphatic rings. The first-order chi connectivity index (χ1) is 21.3. The van der Waals surface area contributed by atoms with E-state index >= 15 is 0 Å². The number of sulfonamides is 1. The monoisotopic (exact) mass is 659 g/mol. The van der Waals surface area contributed by atoms with Crippen molar-refractivity contribution in [2.24, 2.45) is 0 Å². The predicted molar refractivity (Wildman–Crippen MR) is 163 cm³/mol. The van der Waals surface area contributed by atoms with Crippen molar-refractivity contribution in [1.29, 1.82) is 0 Å². The van der Waals surface area contributed by atoms with Crippen LogP contribution in [0.25, 0.3) is 0 Å². The zero-order valence-electron chi connectivity index (χ0n) is 23.9. The van der Waals surface area contributed by atoms with E-state index in [0.717, 1.165) is 48.9 Å². The van der Waals surface area contributed by atoms with Crippen LogP contribution in [0, 0.1) is 0 Å². The van der Waals surface area contributed by atoms with E-state index < -0.39 is 40.8 Å². The van der Waals surface area contributed by atoms with E-state index in [9.17, 15) is 26.6 Å². The number of hydrogen-bond donors (Lipinski definition) is 4. The SMILES string of the molecule is O=C(NCCCCc1ccccc1)[C@H](Cc1ccc(C(F)(F)P(=O)(O)O)cc1)NS(=O)(=O)c1ccc(Oc2ccccc2)nc1. The number of benzene rings is 3. The molecule has 4 rings (SSSR count). The van der Waals surface area contributed by atoms with Gasteiger partial charge >= 0.3 is 13.3 Å². The minimum absolute atomic E-state index is 0.150. The van der Waals surface area contributed by atoms with Crippen LogP contribution in [0.15, 0.2) is 108 Å². The standard InChI is InChI=1S/C31H32F2N3O7PS/c32-31(33,44(38,39)40)25-16-14-24(15-17-25)21-28(30(37)34-20-8-7-11-23-9-3-1-4-10-23)36-45(41,42)27-18-19-29(35-22-27)43-26-12-5-2-6-13-26/h1-6,9-10,12-19,22,28,36H,7-8,11,20-21H2,(H,34,37)(H2,38,39,40)/t28-/m0/s1. The number of alkyl halides is 2. The Morgan fingerprint density at radius 2 is 1.53 bits per heavy atom. The smallest absolute Gasteiger partial charge is 0.399 e.